The van der Waals surface area contributed by atoms with Gasteiger partial charge in [-0.2, -0.15) is 0 Å². The van der Waals surface area contributed by atoms with E-state index in [-0.39, 0.29) is 12.4 Å². The highest BCUT2D eigenvalue weighted by Crippen LogP contribution is 2.41. The molecule has 0 amide bonds. The summed E-state index contributed by atoms with van der Waals surface area (Å²) < 4.78 is 11.6. The Morgan fingerprint density at radius 3 is 2.24 bits per heavy atom. The molecule has 0 atom stereocenters. The first-order valence-corrected chi connectivity index (χ1v) is 11.0. The molecule has 0 saturated heterocycles. The molecular formula is C28H27ClN2O2. The van der Waals surface area contributed by atoms with Gasteiger partial charge in [0.1, 0.15) is 18.2 Å². The number of methoxy groups -OCH3 is 1. The van der Waals surface area contributed by atoms with Crippen LogP contribution >= 0.6 is 12.4 Å². The smallest absolute Gasteiger partial charge is 0.138 e. The first-order valence-electron chi connectivity index (χ1n) is 11.0. The minimum atomic E-state index is 0. The Morgan fingerprint density at radius 2 is 1.52 bits per heavy atom. The van der Waals surface area contributed by atoms with Crippen LogP contribution in [0.2, 0.25) is 0 Å². The maximum Gasteiger partial charge on any atom is 0.138 e. The largest absolute Gasteiger partial charge is 0.490 e. The molecule has 1 aliphatic rings. The second-order valence-corrected chi connectivity index (χ2v) is 7.79. The van der Waals surface area contributed by atoms with Crippen molar-refractivity contribution in [2.45, 2.75) is 0 Å². The molecule has 5 rings (SSSR count). The molecule has 1 N–H and O–H groups in total. The van der Waals surface area contributed by atoms with E-state index in [4.69, 9.17) is 9.47 Å². The molecule has 0 spiro atoms. The molecule has 0 aliphatic carbocycles. The predicted octanol–water partition coefficient (Wildman–Crippen LogP) is 5.97. The number of benzene rings is 4. The summed E-state index contributed by atoms with van der Waals surface area (Å²) >= 11 is 0. The third-order valence-electron chi connectivity index (χ3n) is 5.75. The van der Waals surface area contributed by atoms with Crippen molar-refractivity contribution < 1.29 is 9.47 Å². The average Bonchev–Trinajstić information content (AvgIpc) is 3.39. The summed E-state index contributed by atoms with van der Waals surface area (Å²) in [5.74, 6) is 1.74. The molecule has 0 bridgehead atoms. The molecule has 1 heterocycles. The molecule has 0 aromatic heterocycles. The van der Waals surface area contributed by atoms with Gasteiger partial charge in [0.25, 0.3) is 0 Å². The zero-order valence-electron chi connectivity index (χ0n) is 18.6. The molecule has 1 aliphatic heterocycles. The first kappa shape index (κ1) is 22.8. The summed E-state index contributed by atoms with van der Waals surface area (Å²) in [6.07, 6.45) is 0. The number of aliphatic imine (C=N–C) groups is 1. The number of rotatable bonds is 7. The standard InChI is InChI=1S/C28H26N2O2.ClH/c1-31-17-18-32-27-25(28-29-15-16-30-28)19-23-9-5-6-10-24(23)26(27)22-13-11-21(12-14-22)20-7-3-2-4-8-20;/h2-14,19H,15-18H2,1H3,(H,29,30);1H. The lowest BCUT2D eigenvalue weighted by Gasteiger charge is -2.19. The van der Waals surface area contributed by atoms with Crippen LogP contribution in [0.15, 0.2) is 89.9 Å². The molecular weight excluding hydrogens is 432 g/mol. The molecule has 0 saturated carbocycles. The zero-order chi connectivity index (χ0) is 21.8. The van der Waals surface area contributed by atoms with Gasteiger partial charge in [-0.1, -0.05) is 78.9 Å². The molecule has 0 radical (unpaired) electrons. The van der Waals surface area contributed by atoms with E-state index in [1.807, 2.05) is 6.07 Å². The van der Waals surface area contributed by atoms with Crippen molar-refractivity contribution in [3.8, 4) is 28.0 Å². The Morgan fingerprint density at radius 1 is 0.818 bits per heavy atom. The third-order valence-corrected chi connectivity index (χ3v) is 5.75. The van der Waals surface area contributed by atoms with Crippen molar-refractivity contribution in [2.24, 2.45) is 4.99 Å². The van der Waals surface area contributed by atoms with Crippen LogP contribution in [0.25, 0.3) is 33.0 Å². The maximum atomic E-state index is 6.35. The quantitative estimate of drug-likeness (QED) is 0.347. The highest BCUT2D eigenvalue weighted by atomic mass is 35.5. The van der Waals surface area contributed by atoms with Gasteiger partial charge in [-0.25, -0.2) is 0 Å². The lowest BCUT2D eigenvalue weighted by molar-refractivity contribution is 0.146. The van der Waals surface area contributed by atoms with E-state index in [0.717, 1.165) is 46.8 Å². The predicted molar refractivity (Wildman–Crippen MR) is 139 cm³/mol. The fourth-order valence-corrected chi connectivity index (χ4v) is 4.21. The minimum absolute atomic E-state index is 0. The second kappa shape index (κ2) is 10.5. The minimum Gasteiger partial charge on any atom is -0.490 e. The van der Waals surface area contributed by atoms with Crippen LogP contribution in [-0.4, -0.2) is 39.2 Å². The third kappa shape index (κ3) is 4.72. The lowest BCUT2D eigenvalue weighted by Crippen LogP contribution is -2.21. The van der Waals surface area contributed by atoms with Crippen molar-refractivity contribution in [1.82, 2.24) is 5.32 Å². The van der Waals surface area contributed by atoms with Gasteiger partial charge < -0.3 is 14.8 Å². The monoisotopic (exact) mass is 458 g/mol. The number of hydrogen-bond acceptors (Lipinski definition) is 4. The molecule has 33 heavy (non-hydrogen) atoms. The van der Waals surface area contributed by atoms with Gasteiger partial charge in [0.2, 0.25) is 0 Å². The number of nitrogens with zero attached hydrogens (tertiary/aromatic N) is 1. The van der Waals surface area contributed by atoms with Crippen LogP contribution in [0.5, 0.6) is 5.75 Å². The van der Waals surface area contributed by atoms with E-state index >= 15 is 0 Å². The molecule has 4 aromatic rings. The topological polar surface area (TPSA) is 42.9 Å². The number of fused-ring (bicyclic) bond motifs is 1. The van der Waals surface area contributed by atoms with E-state index in [1.54, 1.807) is 7.11 Å². The highest BCUT2D eigenvalue weighted by Gasteiger charge is 2.21. The van der Waals surface area contributed by atoms with Crippen molar-refractivity contribution in [1.29, 1.82) is 0 Å². The first-order chi connectivity index (χ1) is 15.8. The Kier molecular flexibility index (Phi) is 7.28. The maximum absolute atomic E-state index is 6.35. The van der Waals surface area contributed by atoms with E-state index in [9.17, 15) is 0 Å². The summed E-state index contributed by atoms with van der Waals surface area (Å²) in [7, 11) is 1.69. The van der Waals surface area contributed by atoms with Gasteiger partial charge >= 0.3 is 0 Å². The number of nitrogens with one attached hydrogen (secondary N) is 1. The second-order valence-electron chi connectivity index (χ2n) is 7.79. The van der Waals surface area contributed by atoms with Crippen molar-refractivity contribution in [3.63, 3.8) is 0 Å². The van der Waals surface area contributed by atoms with E-state index in [0.29, 0.717) is 13.2 Å². The Bertz CT molecular complexity index is 1250. The van der Waals surface area contributed by atoms with Crippen LogP contribution in [0, 0.1) is 0 Å². The number of hydrogen-bond donors (Lipinski definition) is 1. The lowest BCUT2D eigenvalue weighted by atomic mass is 9.92. The Hall–Kier alpha value is -3.34. The van der Waals surface area contributed by atoms with E-state index < -0.39 is 0 Å². The van der Waals surface area contributed by atoms with E-state index in [2.05, 4.69) is 89.2 Å². The van der Waals surface area contributed by atoms with Crippen LogP contribution in [0.4, 0.5) is 0 Å². The zero-order valence-corrected chi connectivity index (χ0v) is 19.4. The molecule has 5 heteroatoms. The van der Waals surface area contributed by atoms with Crippen LogP contribution in [-0.2, 0) is 4.74 Å². The van der Waals surface area contributed by atoms with Crippen LogP contribution < -0.4 is 10.1 Å². The Balaban J connectivity index is 0.00000259. The van der Waals surface area contributed by atoms with Crippen molar-refractivity contribution in [2.75, 3.05) is 33.4 Å². The van der Waals surface area contributed by atoms with Gasteiger partial charge in [0.05, 0.1) is 18.7 Å². The van der Waals surface area contributed by atoms with Crippen molar-refractivity contribution >= 4 is 29.0 Å². The van der Waals surface area contributed by atoms with E-state index in [1.165, 1.54) is 16.5 Å². The van der Waals surface area contributed by atoms with Gasteiger partial charge in [0, 0.05) is 19.2 Å². The molecule has 4 nitrogen and oxygen atoms in total. The number of halogens is 1. The average molecular weight is 459 g/mol. The molecule has 168 valence electrons. The molecule has 0 unspecified atom stereocenters. The fourth-order valence-electron chi connectivity index (χ4n) is 4.21. The van der Waals surface area contributed by atoms with Gasteiger partial charge in [0.15, 0.2) is 0 Å². The summed E-state index contributed by atoms with van der Waals surface area (Å²) in [5, 5.41) is 5.75. The number of amidine groups is 1. The van der Waals surface area contributed by atoms with Crippen LogP contribution in [0.1, 0.15) is 5.56 Å². The fraction of sp³-hybridized carbons (Fsp3) is 0.179. The summed E-state index contributed by atoms with van der Waals surface area (Å²) in [6.45, 7) is 2.63. The number of ether oxygens (including phenoxy) is 2. The van der Waals surface area contributed by atoms with Crippen molar-refractivity contribution in [3.05, 3.63) is 90.5 Å². The molecule has 4 aromatic carbocycles. The van der Waals surface area contributed by atoms with Gasteiger partial charge in [-0.05, 0) is 33.5 Å². The Labute approximate surface area is 200 Å². The summed E-state index contributed by atoms with van der Waals surface area (Å²) in [5.41, 5.74) is 5.61. The highest BCUT2D eigenvalue weighted by molar-refractivity contribution is 6.11. The van der Waals surface area contributed by atoms with Crippen LogP contribution in [0.3, 0.4) is 0 Å². The SMILES string of the molecule is COCCOc1c(C2=NCCN2)cc2ccccc2c1-c1ccc(-c2ccccc2)cc1.Cl. The normalized spacial score (nSPS) is 12.7. The van der Waals surface area contributed by atoms with Gasteiger partial charge in [-0.3, -0.25) is 4.99 Å². The summed E-state index contributed by atoms with van der Waals surface area (Å²) in [6, 6.07) is 29.8. The molecule has 0 fully saturated rings. The summed E-state index contributed by atoms with van der Waals surface area (Å²) in [4.78, 5) is 4.68. The van der Waals surface area contributed by atoms with Gasteiger partial charge in [-0.15, -0.1) is 12.4 Å².